The number of carbonyl (C=O) groups excluding carboxylic acids is 1. The molecular formula is C24H28N4O2. The van der Waals surface area contributed by atoms with Gasteiger partial charge in [-0.25, -0.2) is 9.78 Å². The van der Waals surface area contributed by atoms with Crippen molar-refractivity contribution in [2.75, 3.05) is 25.5 Å². The van der Waals surface area contributed by atoms with Crippen LogP contribution < -0.4 is 5.32 Å². The minimum absolute atomic E-state index is 0.00891. The Kier molecular flexibility index (Phi) is 4.95. The van der Waals surface area contributed by atoms with Crippen molar-refractivity contribution in [1.82, 2.24) is 14.5 Å². The molecule has 2 amide bonds. The number of carbonyl (C=O) groups is 1. The zero-order valence-electron chi connectivity index (χ0n) is 17.5. The number of nitrogens with zero attached hydrogens (tertiary/aromatic N) is 3. The van der Waals surface area contributed by atoms with Gasteiger partial charge in [-0.1, -0.05) is 30.3 Å². The van der Waals surface area contributed by atoms with E-state index in [0.29, 0.717) is 11.8 Å². The zero-order valence-corrected chi connectivity index (χ0v) is 17.5. The van der Waals surface area contributed by atoms with Crippen LogP contribution >= 0.6 is 0 Å². The normalized spacial score (nSPS) is 26.0. The summed E-state index contributed by atoms with van der Waals surface area (Å²) in [5.74, 6) is 1.98. The van der Waals surface area contributed by atoms with E-state index in [4.69, 9.17) is 9.72 Å². The number of aromatic nitrogens is 2. The van der Waals surface area contributed by atoms with E-state index >= 15 is 0 Å². The summed E-state index contributed by atoms with van der Waals surface area (Å²) in [6.07, 6.45) is 2.09. The number of aryl methyl sites for hydroxylation is 1. The van der Waals surface area contributed by atoms with Crippen molar-refractivity contribution in [1.29, 1.82) is 0 Å². The van der Waals surface area contributed by atoms with Gasteiger partial charge in [0.25, 0.3) is 0 Å². The third kappa shape index (κ3) is 3.35. The standard InChI is InChI=1S/C24H28N4O2/c1-16-25-20-10-6-7-11-21(20)28(16)22-12-17-14-27(15-18(17)13-23(22)30-2)24(29)26-19-8-4-3-5-9-19/h3-11,17-18,22-23H,12-15H2,1-2H3,(H,26,29)/t17-,18+,22-,23-/m0/s1. The molecule has 1 aromatic heterocycles. The van der Waals surface area contributed by atoms with Crippen LogP contribution in [0.5, 0.6) is 0 Å². The SMILES string of the molecule is CO[C@H]1C[C@@H]2CN(C(=O)Nc3ccccc3)C[C@@H]2C[C@@H]1n1c(C)nc2ccccc21. The number of hydrogen-bond acceptors (Lipinski definition) is 3. The minimum Gasteiger partial charge on any atom is -0.379 e. The number of amides is 2. The summed E-state index contributed by atoms with van der Waals surface area (Å²) in [6.45, 7) is 3.66. The van der Waals surface area contributed by atoms with Crippen LogP contribution in [0.15, 0.2) is 54.6 Å². The van der Waals surface area contributed by atoms with Gasteiger partial charge in [0.05, 0.1) is 23.2 Å². The number of imidazole rings is 1. The highest BCUT2D eigenvalue weighted by molar-refractivity contribution is 5.89. The molecule has 1 aliphatic carbocycles. The van der Waals surface area contributed by atoms with Gasteiger partial charge in [0.1, 0.15) is 5.82 Å². The molecule has 0 bridgehead atoms. The Morgan fingerprint density at radius 2 is 1.73 bits per heavy atom. The van der Waals surface area contributed by atoms with E-state index in [2.05, 4.69) is 35.0 Å². The molecule has 1 saturated heterocycles. The van der Waals surface area contributed by atoms with Crippen molar-refractivity contribution in [2.45, 2.75) is 31.9 Å². The lowest BCUT2D eigenvalue weighted by molar-refractivity contribution is -0.0000581. The second-order valence-electron chi connectivity index (χ2n) is 8.55. The van der Waals surface area contributed by atoms with E-state index in [1.165, 1.54) is 0 Å². The lowest BCUT2D eigenvalue weighted by Gasteiger charge is -2.38. The first-order chi connectivity index (χ1) is 14.6. The summed E-state index contributed by atoms with van der Waals surface area (Å²) in [4.78, 5) is 19.6. The van der Waals surface area contributed by atoms with Gasteiger partial charge in [-0.05, 0) is 55.9 Å². The van der Waals surface area contributed by atoms with Gasteiger partial charge < -0.3 is 19.5 Å². The first-order valence-corrected chi connectivity index (χ1v) is 10.7. The van der Waals surface area contributed by atoms with Gasteiger partial charge in [-0.15, -0.1) is 0 Å². The maximum absolute atomic E-state index is 12.8. The van der Waals surface area contributed by atoms with Gasteiger partial charge in [-0.3, -0.25) is 0 Å². The number of methoxy groups -OCH3 is 1. The van der Waals surface area contributed by atoms with E-state index in [9.17, 15) is 4.79 Å². The molecule has 6 nitrogen and oxygen atoms in total. The van der Waals surface area contributed by atoms with Crippen molar-refractivity contribution >= 4 is 22.8 Å². The van der Waals surface area contributed by atoms with Crippen molar-refractivity contribution in [3.8, 4) is 0 Å². The molecule has 2 aromatic carbocycles. The summed E-state index contributed by atoms with van der Waals surface area (Å²) in [5, 5.41) is 3.03. The Bertz CT molecular complexity index is 1050. The number of urea groups is 1. The molecule has 3 aromatic rings. The Hall–Kier alpha value is -2.86. The molecule has 1 saturated carbocycles. The highest BCUT2D eigenvalue weighted by atomic mass is 16.5. The maximum Gasteiger partial charge on any atom is 0.321 e. The van der Waals surface area contributed by atoms with Gasteiger partial charge in [0.2, 0.25) is 0 Å². The molecule has 0 radical (unpaired) electrons. The molecule has 1 aliphatic heterocycles. The number of ether oxygens (including phenoxy) is 1. The minimum atomic E-state index is -0.00891. The van der Waals surface area contributed by atoms with Gasteiger partial charge in [-0.2, -0.15) is 0 Å². The third-order valence-electron chi connectivity index (χ3n) is 6.80. The van der Waals surface area contributed by atoms with Crippen molar-refractivity contribution < 1.29 is 9.53 Å². The Balaban J connectivity index is 1.36. The monoisotopic (exact) mass is 404 g/mol. The summed E-state index contributed by atoms with van der Waals surface area (Å²) < 4.78 is 8.32. The maximum atomic E-state index is 12.8. The van der Waals surface area contributed by atoms with Crippen LogP contribution in [-0.4, -0.2) is 46.8 Å². The largest absolute Gasteiger partial charge is 0.379 e. The molecule has 5 rings (SSSR count). The van der Waals surface area contributed by atoms with Crippen molar-refractivity contribution in [3.63, 3.8) is 0 Å². The van der Waals surface area contributed by atoms with E-state index in [-0.39, 0.29) is 18.2 Å². The van der Waals surface area contributed by atoms with Crippen molar-refractivity contribution in [2.24, 2.45) is 11.8 Å². The van der Waals surface area contributed by atoms with Crippen LogP contribution in [0.25, 0.3) is 11.0 Å². The second kappa shape index (κ2) is 7.76. The molecule has 4 atom stereocenters. The Morgan fingerprint density at radius 1 is 1.03 bits per heavy atom. The van der Waals surface area contributed by atoms with E-state index in [1.54, 1.807) is 7.11 Å². The topological polar surface area (TPSA) is 59.4 Å². The fraction of sp³-hybridized carbons (Fsp3) is 0.417. The summed E-state index contributed by atoms with van der Waals surface area (Å²) in [7, 11) is 1.81. The van der Waals surface area contributed by atoms with E-state index in [1.807, 2.05) is 41.3 Å². The lowest BCUT2D eigenvalue weighted by atomic mass is 9.77. The number of nitrogens with one attached hydrogen (secondary N) is 1. The van der Waals surface area contributed by atoms with Crippen LogP contribution in [0.1, 0.15) is 24.7 Å². The smallest absolute Gasteiger partial charge is 0.321 e. The molecule has 30 heavy (non-hydrogen) atoms. The molecule has 2 aliphatic rings. The molecule has 6 heteroatoms. The van der Waals surface area contributed by atoms with Crippen LogP contribution in [0.2, 0.25) is 0 Å². The highest BCUT2D eigenvalue weighted by Crippen LogP contribution is 2.43. The van der Waals surface area contributed by atoms with Gasteiger partial charge >= 0.3 is 6.03 Å². The Labute approximate surface area is 176 Å². The number of para-hydroxylation sites is 3. The number of anilines is 1. The van der Waals surface area contributed by atoms with E-state index < -0.39 is 0 Å². The second-order valence-corrected chi connectivity index (χ2v) is 8.55. The quantitative estimate of drug-likeness (QED) is 0.700. The fourth-order valence-electron chi connectivity index (χ4n) is 5.39. The average Bonchev–Trinajstić information content (AvgIpc) is 3.33. The predicted octanol–water partition coefficient (Wildman–Crippen LogP) is 4.47. The molecule has 0 unspecified atom stereocenters. The molecule has 2 heterocycles. The van der Waals surface area contributed by atoms with Crippen LogP contribution in [0, 0.1) is 18.8 Å². The molecule has 0 spiro atoms. The first-order valence-electron chi connectivity index (χ1n) is 10.7. The zero-order chi connectivity index (χ0) is 20.7. The number of hydrogen-bond donors (Lipinski definition) is 1. The third-order valence-corrected chi connectivity index (χ3v) is 6.80. The highest BCUT2D eigenvalue weighted by Gasteiger charge is 2.44. The molecular weight excluding hydrogens is 376 g/mol. The number of benzene rings is 2. The molecule has 156 valence electrons. The Morgan fingerprint density at radius 3 is 2.50 bits per heavy atom. The summed E-state index contributed by atoms with van der Waals surface area (Å²) in [5.41, 5.74) is 3.03. The predicted molar refractivity (Wildman–Crippen MR) is 118 cm³/mol. The van der Waals surface area contributed by atoms with E-state index in [0.717, 1.165) is 48.5 Å². The fourth-order valence-corrected chi connectivity index (χ4v) is 5.39. The van der Waals surface area contributed by atoms with Crippen LogP contribution in [-0.2, 0) is 4.74 Å². The molecule has 1 N–H and O–H groups in total. The van der Waals surface area contributed by atoms with Crippen LogP contribution in [0.3, 0.4) is 0 Å². The molecule has 2 fully saturated rings. The van der Waals surface area contributed by atoms with Gasteiger partial charge in [0.15, 0.2) is 0 Å². The number of fused-ring (bicyclic) bond motifs is 2. The van der Waals surface area contributed by atoms with Crippen molar-refractivity contribution in [3.05, 3.63) is 60.4 Å². The van der Waals surface area contributed by atoms with Crippen LogP contribution in [0.4, 0.5) is 10.5 Å². The number of rotatable bonds is 3. The average molecular weight is 405 g/mol. The van der Waals surface area contributed by atoms with Gasteiger partial charge in [0, 0.05) is 25.9 Å². The summed E-state index contributed by atoms with van der Waals surface area (Å²) >= 11 is 0. The first kappa shape index (κ1) is 19.1. The lowest BCUT2D eigenvalue weighted by Crippen LogP contribution is -2.37. The number of likely N-dealkylation sites (tertiary alicyclic amines) is 1. The summed E-state index contributed by atoms with van der Waals surface area (Å²) in [6, 6.07) is 18.2.